The van der Waals surface area contributed by atoms with Crippen molar-refractivity contribution >= 4 is 11.6 Å². The second-order valence-corrected chi connectivity index (χ2v) is 6.58. The Morgan fingerprint density at radius 2 is 1.21 bits per heavy atom. The molecule has 1 heterocycles. The SMILES string of the molecule is O=C(c1ccccc1)c1c(-c2ccccc2)nnc2c1C(=O)c1ccccc1-2. The van der Waals surface area contributed by atoms with E-state index in [0.29, 0.717) is 33.6 Å². The molecule has 0 bridgehead atoms. The fourth-order valence-corrected chi connectivity index (χ4v) is 3.62. The second-order valence-electron chi connectivity index (χ2n) is 6.58. The van der Waals surface area contributed by atoms with E-state index in [1.54, 1.807) is 30.3 Å². The van der Waals surface area contributed by atoms with Crippen molar-refractivity contribution in [2.75, 3.05) is 0 Å². The molecule has 1 aliphatic carbocycles. The van der Waals surface area contributed by atoms with Gasteiger partial charge in [-0.25, -0.2) is 0 Å². The van der Waals surface area contributed by atoms with Crippen LogP contribution < -0.4 is 0 Å². The molecule has 1 aromatic heterocycles. The molecule has 4 aromatic rings. The summed E-state index contributed by atoms with van der Waals surface area (Å²) < 4.78 is 0. The first-order valence-corrected chi connectivity index (χ1v) is 8.95. The summed E-state index contributed by atoms with van der Waals surface area (Å²) in [5.41, 5.74) is 4.08. The maximum absolute atomic E-state index is 13.5. The quantitative estimate of drug-likeness (QED) is 0.441. The van der Waals surface area contributed by atoms with E-state index in [4.69, 9.17) is 0 Å². The maximum Gasteiger partial charge on any atom is 0.196 e. The smallest absolute Gasteiger partial charge is 0.196 e. The highest BCUT2D eigenvalue weighted by molar-refractivity contribution is 6.28. The third-order valence-electron chi connectivity index (χ3n) is 4.94. The summed E-state index contributed by atoms with van der Waals surface area (Å²) in [5.74, 6) is -0.413. The number of hydrogen-bond acceptors (Lipinski definition) is 4. The number of benzene rings is 3. The zero-order valence-electron chi connectivity index (χ0n) is 14.8. The first-order valence-electron chi connectivity index (χ1n) is 8.95. The Bertz CT molecular complexity index is 1230. The third kappa shape index (κ3) is 2.39. The summed E-state index contributed by atoms with van der Waals surface area (Å²) in [6.45, 7) is 0. The third-order valence-corrected chi connectivity index (χ3v) is 4.94. The van der Waals surface area contributed by atoms with E-state index in [9.17, 15) is 9.59 Å². The van der Waals surface area contributed by atoms with Crippen LogP contribution in [0.4, 0.5) is 0 Å². The summed E-state index contributed by atoms with van der Waals surface area (Å²) in [6, 6.07) is 25.6. The predicted octanol–water partition coefficient (Wildman–Crippen LogP) is 4.59. The highest BCUT2D eigenvalue weighted by atomic mass is 16.1. The summed E-state index contributed by atoms with van der Waals surface area (Å²) in [5, 5.41) is 8.72. The van der Waals surface area contributed by atoms with Crippen molar-refractivity contribution in [3.8, 4) is 22.5 Å². The molecule has 0 N–H and O–H groups in total. The van der Waals surface area contributed by atoms with Gasteiger partial charge < -0.3 is 0 Å². The fraction of sp³-hybridized carbons (Fsp3) is 0. The first-order chi connectivity index (χ1) is 13.8. The molecule has 0 spiro atoms. The minimum atomic E-state index is -0.230. The summed E-state index contributed by atoms with van der Waals surface area (Å²) >= 11 is 0. The van der Waals surface area contributed by atoms with Gasteiger partial charge >= 0.3 is 0 Å². The van der Waals surface area contributed by atoms with Crippen LogP contribution in [0.3, 0.4) is 0 Å². The zero-order valence-corrected chi connectivity index (χ0v) is 14.8. The number of carbonyl (C=O) groups excluding carboxylic acids is 2. The number of rotatable bonds is 3. The number of ketones is 2. The maximum atomic E-state index is 13.5. The normalized spacial score (nSPS) is 11.8. The van der Waals surface area contributed by atoms with E-state index in [1.807, 2.05) is 54.6 Å². The van der Waals surface area contributed by atoms with Gasteiger partial charge in [-0.1, -0.05) is 84.9 Å². The van der Waals surface area contributed by atoms with E-state index >= 15 is 0 Å². The van der Waals surface area contributed by atoms with Crippen LogP contribution in [0, 0.1) is 0 Å². The molecule has 28 heavy (non-hydrogen) atoms. The summed E-state index contributed by atoms with van der Waals surface area (Å²) in [4.78, 5) is 26.7. The molecule has 132 valence electrons. The van der Waals surface area contributed by atoms with Gasteiger partial charge in [0.25, 0.3) is 0 Å². The van der Waals surface area contributed by atoms with Crippen molar-refractivity contribution in [1.29, 1.82) is 0 Å². The Kier molecular flexibility index (Phi) is 3.69. The van der Waals surface area contributed by atoms with E-state index in [1.165, 1.54) is 0 Å². The molecule has 0 amide bonds. The van der Waals surface area contributed by atoms with Crippen LogP contribution in [0.2, 0.25) is 0 Å². The number of aromatic nitrogens is 2. The van der Waals surface area contributed by atoms with Crippen molar-refractivity contribution in [2.45, 2.75) is 0 Å². The zero-order chi connectivity index (χ0) is 19.1. The molecule has 0 unspecified atom stereocenters. The Balaban J connectivity index is 1.83. The molecule has 0 aliphatic heterocycles. The van der Waals surface area contributed by atoms with E-state index in [0.717, 1.165) is 11.1 Å². The van der Waals surface area contributed by atoms with Crippen molar-refractivity contribution < 1.29 is 9.59 Å². The lowest BCUT2D eigenvalue weighted by Gasteiger charge is -2.12. The molecule has 3 aromatic carbocycles. The van der Waals surface area contributed by atoms with Gasteiger partial charge in [-0.3, -0.25) is 9.59 Å². The molecular formula is C24H14N2O2. The molecule has 5 rings (SSSR count). The molecule has 0 atom stereocenters. The van der Waals surface area contributed by atoms with Gasteiger partial charge in [0, 0.05) is 22.3 Å². The van der Waals surface area contributed by atoms with Gasteiger partial charge in [-0.2, -0.15) is 0 Å². The number of carbonyl (C=O) groups is 2. The van der Waals surface area contributed by atoms with Crippen LogP contribution in [0.25, 0.3) is 22.5 Å². The summed E-state index contributed by atoms with van der Waals surface area (Å²) in [6.07, 6.45) is 0. The van der Waals surface area contributed by atoms with Gasteiger partial charge in [0.15, 0.2) is 11.6 Å². The van der Waals surface area contributed by atoms with Crippen molar-refractivity contribution in [3.63, 3.8) is 0 Å². The van der Waals surface area contributed by atoms with Crippen molar-refractivity contribution in [2.24, 2.45) is 0 Å². The topological polar surface area (TPSA) is 59.9 Å². The van der Waals surface area contributed by atoms with Gasteiger partial charge in [0.1, 0.15) is 11.4 Å². The molecule has 0 saturated carbocycles. The Morgan fingerprint density at radius 1 is 0.643 bits per heavy atom. The van der Waals surface area contributed by atoms with Crippen LogP contribution in [0.5, 0.6) is 0 Å². The molecule has 0 saturated heterocycles. The van der Waals surface area contributed by atoms with E-state index < -0.39 is 0 Å². The number of nitrogens with zero attached hydrogens (tertiary/aromatic N) is 2. The van der Waals surface area contributed by atoms with E-state index in [2.05, 4.69) is 10.2 Å². The minimum Gasteiger partial charge on any atom is -0.288 e. The Labute approximate surface area is 161 Å². The van der Waals surface area contributed by atoms with Gasteiger partial charge in [0.05, 0.1) is 11.1 Å². The summed E-state index contributed by atoms with van der Waals surface area (Å²) in [7, 11) is 0. The van der Waals surface area contributed by atoms with Crippen LogP contribution in [0.1, 0.15) is 31.8 Å². The minimum absolute atomic E-state index is 0.183. The highest BCUT2D eigenvalue weighted by Crippen LogP contribution is 2.39. The lowest BCUT2D eigenvalue weighted by molar-refractivity contribution is 0.101. The van der Waals surface area contributed by atoms with Crippen LogP contribution >= 0.6 is 0 Å². The Morgan fingerprint density at radius 3 is 1.93 bits per heavy atom. The lowest BCUT2D eigenvalue weighted by atomic mass is 9.93. The van der Waals surface area contributed by atoms with Crippen molar-refractivity contribution in [3.05, 3.63) is 107 Å². The van der Waals surface area contributed by atoms with E-state index in [-0.39, 0.29) is 11.6 Å². The largest absolute Gasteiger partial charge is 0.288 e. The average Bonchev–Trinajstić information content (AvgIpc) is 3.06. The number of hydrogen-bond donors (Lipinski definition) is 0. The average molecular weight is 362 g/mol. The van der Waals surface area contributed by atoms with Gasteiger partial charge in [-0.05, 0) is 0 Å². The molecule has 0 radical (unpaired) electrons. The predicted molar refractivity (Wildman–Crippen MR) is 106 cm³/mol. The monoisotopic (exact) mass is 362 g/mol. The van der Waals surface area contributed by atoms with Gasteiger partial charge in [0.2, 0.25) is 0 Å². The molecule has 1 aliphatic rings. The van der Waals surface area contributed by atoms with Crippen LogP contribution in [0.15, 0.2) is 84.9 Å². The van der Waals surface area contributed by atoms with Crippen molar-refractivity contribution in [1.82, 2.24) is 10.2 Å². The molecule has 4 nitrogen and oxygen atoms in total. The first kappa shape index (κ1) is 16.3. The second kappa shape index (κ2) is 6.35. The fourth-order valence-electron chi connectivity index (χ4n) is 3.62. The highest BCUT2D eigenvalue weighted by Gasteiger charge is 2.35. The molecule has 4 heteroatoms. The molecular weight excluding hydrogens is 348 g/mol. The Hall–Kier alpha value is -3.92. The lowest BCUT2D eigenvalue weighted by Crippen LogP contribution is -2.13. The van der Waals surface area contributed by atoms with Crippen LogP contribution in [-0.2, 0) is 0 Å². The number of fused-ring (bicyclic) bond motifs is 3. The van der Waals surface area contributed by atoms with Gasteiger partial charge in [-0.15, -0.1) is 10.2 Å². The standard InChI is InChI=1S/C24H14N2O2/c27-23(16-11-5-2-6-12-16)19-20-22(17-13-7-8-14-18(17)24(20)28)26-25-21(19)15-9-3-1-4-10-15/h1-14H. The van der Waals surface area contributed by atoms with Crippen LogP contribution in [-0.4, -0.2) is 21.8 Å². The molecule has 0 fully saturated rings.